The normalized spacial score (nSPS) is 31.0. The van der Waals surface area contributed by atoms with E-state index in [4.69, 9.17) is 16.4 Å². The van der Waals surface area contributed by atoms with Crippen molar-refractivity contribution in [1.29, 1.82) is 0 Å². The van der Waals surface area contributed by atoms with Crippen LogP contribution >= 0.6 is 0 Å². The predicted octanol–water partition coefficient (Wildman–Crippen LogP) is 0.779. The second kappa shape index (κ2) is 3.30. The van der Waals surface area contributed by atoms with Gasteiger partial charge in [0.15, 0.2) is 0 Å². The molecular weight excluding hydrogens is 172 g/mol. The van der Waals surface area contributed by atoms with Crippen LogP contribution in [-0.2, 0) is 4.79 Å². The standard InChI is InChI=1S/C7H8N4O2/c8-7(10-11-9)4-2-1-3-5(7)6(12)13/h1-5H,8H2,(H,12,13). The fraction of sp³-hybridized carbons (Fsp3) is 0.286. The second-order valence-electron chi connectivity index (χ2n) is 2.64. The van der Waals surface area contributed by atoms with Crippen LogP contribution in [0.15, 0.2) is 29.4 Å². The van der Waals surface area contributed by atoms with Crippen molar-refractivity contribution in [2.45, 2.75) is 5.66 Å². The van der Waals surface area contributed by atoms with E-state index in [0.29, 0.717) is 0 Å². The zero-order valence-corrected chi connectivity index (χ0v) is 6.66. The molecule has 2 atom stereocenters. The largest absolute Gasteiger partial charge is 0.481 e. The van der Waals surface area contributed by atoms with E-state index in [0.717, 1.165) is 0 Å². The monoisotopic (exact) mass is 180 g/mol. The number of aliphatic carboxylic acids is 1. The number of hydrogen-bond acceptors (Lipinski definition) is 3. The van der Waals surface area contributed by atoms with E-state index in [1.807, 2.05) is 0 Å². The third-order valence-electron chi connectivity index (χ3n) is 1.76. The van der Waals surface area contributed by atoms with Gasteiger partial charge >= 0.3 is 5.97 Å². The van der Waals surface area contributed by atoms with Crippen molar-refractivity contribution in [2.24, 2.45) is 16.8 Å². The number of carboxylic acids is 1. The minimum absolute atomic E-state index is 1.01. The lowest BCUT2D eigenvalue weighted by molar-refractivity contribution is -0.141. The summed E-state index contributed by atoms with van der Waals surface area (Å²) in [7, 11) is 0. The van der Waals surface area contributed by atoms with Gasteiger partial charge in [0.1, 0.15) is 11.6 Å². The molecule has 1 aliphatic rings. The number of nitrogens with two attached hydrogens (primary N) is 1. The van der Waals surface area contributed by atoms with Gasteiger partial charge in [0, 0.05) is 4.91 Å². The Hall–Kier alpha value is -1.78. The number of hydrogen-bond donors (Lipinski definition) is 2. The van der Waals surface area contributed by atoms with E-state index >= 15 is 0 Å². The maximum atomic E-state index is 10.7. The summed E-state index contributed by atoms with van der Waals surface area (Å²) in [5, 5.41) is 12.0. The van der Waals surface area contributed by atoms with Gasteiger partial charge in [-0.1, -0.05) is 29.4 Å². The topological polar surface area (TPSA) is 112 Å². The summed E-state index contributed by atoms with van der Waals surface area (Å²) < 4.78 is 0. The molecule has 0 aromatic rings. The van der Waals surface area contributed by atoms with Gasteiger partial charge in [-0.25, -0.2) is 0 Å². The molecular formula is C7H8N4O2. The van der Waals surface area contributed by atoms with Crippen molar-refractivity contribution in [3.63, 3.8) is 0 Å². The van der Waals surface area contributed by atoms with E-state index in [2.05, 4.69) is 10.0 Å². The number of nitrogens with zero attached hydrogens (tertiary/aromatic N) is 3. The predicted molar refractivity (Wildman–Crippen MR) is 45.5 cm³/mol. The molecule has 68 valence electrons. The Kier molecular flexibility index (Phi) is 2.36. The molecule has 0 amide bonds. The van der Waals surface area contributed by atoms with Gasteiger partial charge < -0.3 is 10.8 Å². The molecule has 13 heavy (non-hydrogen) atoms. The molecule has 1 rings (SSSR count). The lowest BCUT2D eigenvalue weighted by atomic mass is 9.90. The highest BCUT2D eigenvalue weighted by molar-refractivity contribution is 5.75. The first kappa shape index (κ1) is 9.31. The number of carbonyl (C=O) groups is 1. The summed E-state index contributed by atoms with van der Waals surface area (Å²) in [6.45, 7) is 0. The molecule has 0 aliphatic heterocycles. The van der Waals surface area contributed by atoms with Crippen LogP contribution in [0.3, 0.4) is 0 Å². The molecule has 6 nitrogen and oxygen atoms in total. The number of carboxylic acid groups (broad SMARTS) is 1. The number of azide groups is 1. The van der Waals surface area contributed by atoms with Crippen molar-refractivity contribution < 1.29 is 9.90 Å². The van der Waals surface area contributed by atoms with Gasteiger partial charge in [0.25, 0.3) is 0 Å². The van der Waals surface area contributed by atoms with Crippen LogP contribution in [0.2, 0.25) is 0 Å². The molecule has 6 heteroatoms. The van der Waals surface area contributed by atoms with Crippen LogP contribution in [0.4, 0.5) is 0 Å². The average molecular weight is 180 g/mol. The van der Waals surface area contributed by atoms with Crippen LogP contribution in [-0.4, -0.2) is 16.7 Å². The van der Waals surface area contributed by atoms with Crippen molar-refractivity contribution >= 4 is 5.97 Å². The van der Waals surface area contributed by atoms with Crippen LogP contribution < -0.4 is 5.73 Å². The SMILES string of the molecule is [N-]=[N+]=NC1(N)C=CC=CC1C(=O)O. The third kappa shape index (κ3) is 1.69. The third-order valence-corrected chi connectivity index (χ3v) is 1.76. The van der Waals surface area contributed by atoms with Crippen molar-refractivity contribution in [2.75, 3.05) is 0 Å². The molecule has 0 aromatic carbocycles. The molecule has 0 saturated heterocycles. The van der Waals surface area contributed by atoms with Gasteiger partial charge in [0.2, 0.25) is 0 Å². The molecule has 0 heterocycles. The Morgan fingerprint density at radius 2 is 2.38 bits per heavy atom. The smallest absolute Gasteiger partial charge is 0.312 e. The lowest BCUT2D eigenvalue weighted by Crippen LogP contribution is -2.46. The van der Waals surface area contributed by atoms with E-state index in [1.54, 1.807) is 12.2 Å². The summed E-state index contributed by atoms with van der Waals surface area (Å²) >= 11 is 0. The summed E-state index contributed by atoms with van der Waals surface area (Å²) in [6.07, 6.45) is 5.85. The Labute approximate surface area is 74.0 Å². The molecule has 1 aliphatic carbocycles. The van der Waals surface area contributed by atoms with Crippen molar-refractivity contribution in [1.82, 2.24) is 0 Å². The molecule has 0 fully saturated rings. The van der Waals surface area contributed by atoms with Crippen molar-refractivity contribution in [3.8, 4) is 0 Å². The Morgan fingerprint density at radius 3 is 2.92 bits per heavy atom. The summed E-state index contributed by atoms with van der Waals surface area (Å²) in [4.78, 5) is 13.2. The summed E-state index contributed by atoms with van der Waals surface area (Å²) in [6, 6.07) is 0. The molecule has 0 radical (unpaired) electrons. The fourth-order valence-corrected chi connectivity index (χ4v) is 1.10. The van der Waals surface area contributed by atoms with Crippen LogP contribution in [0.1, 0.15) is 0 Å². The maximum Gasteiger partial charge on any atom is 0.312 e. The summed E-state index contributed by atoms with van der Waals surface area (Å²) in [5.74, 6) is -2.12. The average Bonchev–Trinajstić information content (AvgIpc) is 2.04. The first-order valence-corrected chi connectivity index (χ1v) is 3.54. The number of allylic oxidation sites excluding steroid dienone is 2. The van der Waals surface area contributed by atoms with Crippen LogP contribution in [0, 0.1) is 5.92 Å². The molecule has 3 N–H and O–H groups in total. The quantitative estimate of drug-likeness (QED) is 0.372. The van der Waals surface area contributed by atoms with E-state index in [1.165, 1.54) is 12.2 Å². The highest BCUT2D eigenvalue weighted by atomic mass is 16.4. The Bertz CT molecular complexity index is 329. The number of rotatable bonds is 2. The first-order valence-electron chi connectivity index (χ1n) is 3.54. The molecule has 2 unspecified atom stereocenters. The fourth-order valence-electron chi connectivity index (χ4n) is 1.10. The Balaban J connectivity index is 3.07. The Morgan fingerprint density at radius 1 is 1.69 bits per heavy atom. The van der Waals surface area contributed by atoms with Gasteiger partial charge in [-0.3, -0.25) is 4.79 Å². The molecule has 0 saturated carbocycles. The van der Waals surface area contributed by atoms with Gasteiger partial charge in [-0.15, -0.1) is 0 Å². The van der Waals surface area contributed by atoms with Crippen molar-refractivity contribution in [3.05, 3.63) is 34.7 Å². The minimum atomic E-state index is -1.49. The highest BCUT2D eigenvalue weighted by Gasteiger charge is 2.36. The minimum Gasteiger partial charge on any atom is -0.481 e. The van der Waals surface area contributed by atoms with Gasteiger partial charge in [0.05, 0.1) is 0 Å². The van der Waals surface area contributed by atoms with Crippen LogP contribution in [0.5, 0.6) is 0 Å². The lowest BCUT2D eigenvalue weighted by Gasteiger charge is -2.26. The summed E-state index contributed by atoms with van der Waals surface area (Å²) in [5.41, 5.74) is 12.3. The second-order valence-corrected chi connectivity index (χ2v) is 2.64. The zero-order chi connectivity index (χ0) is 9.90. The highest BCUT2D eigenvalue weighted by Crippen LogP contribution is 2.23. The van der Waals surface area contributed by atoms with E-state index in [-0.39, 0.29) is 0 Å². The maximum absolute atomic E-state index is 10.7. The van der Waals surface area contributed by atoms with Gasteiger partial charge in [-0.05, 0) is 5.53 Å². The van der Waals surface area contributed by atoms with Crippen LogP contribution in [0.25, 0.3) is 10.4 Å². The zero-order valence-electron chi connectivity index (χ0n) is 6.66. The molecule has 0 aromatic heterocycles. The first-order chi connectivity index (χ1) is 6.10. The van der Waals surface area contributed by atoms with E-state index < -0.39 is 17.6 Å². The molecule has 0 spiro atoms. The molecule has 0 bridgehead atoms. The van der Waals surface area contributed by atoms with E-state index in [9.17, 15) is 4.79 Å². The van der Waals surface area contributed by atoms with Gasteiger partial charge in [-0.2, -0.15) is 0 Å².